The summed E-state index contributed by atoms with van der Waals surface area (Å²) in [6, 6.07) is 6.60. The lowest BCUT2D eigenvalue weighted by Crippen LogP contribution is -2.26. The van der Waals surface area contributed by atoms with Crippen LogP contribution in [0.4, 0.5) is 10.5 Å². The summed E-state index contributed by atoms with van der Waals surface area (Å²) in [5.41, 5.74) is 7.05. The average molecular weight is 210 g/mol. The zero-order valence-corrected chi connectivity index (χ0v) is 8.18. The number of benzene rings is 1. The number of amides is 1. The molecule has 0 aliphatic rings. The van der Waals surface area contributed by atoms with Gasteiger partial charge in [-0.05, 0) is 24.1 Å². The van der Waals surface area contributed by atoms with Crippen molar-refractivity contribution in [3.05, 3.63) is 29.8 Å². The quantitative estimate of drug-likeness (QED) is 0.586. The van der Waals surface area contributed by atoms with Crippen molar-refractivity contribution in [2.45, 2.75) is 12.5 Å². The Labute approximate surface area is 87.5 Å². The van der Waals surface area contributed by atoms with Crippen LogP contribution in [0, 0.1) is 0 Å². The molecule has 5 heteroatoms. The molecular weight excluding hydrogens is 196 g/mol. The lowest BCUT2D eigenvalue weighted by Gasteiger charge is -2.08. The first-order chi connectivity index (χ1) is 7.11. The van der Waals surface area contributed by atoms with E-state index in [1.54, 1.807) is 24.3 Å². The zero-order chi connectivity index (χ0) is 11.3. The largest absolute Gasteiger partial charge is 0.465 e. The van der Waals surface area contributed by atoms with Gasteiger partial charge in [0.15, 0.2) is 0 Å². The molecule has 1 amide bonds. The highest BCUT2D eigenvalue weighted by Gasteiger charge is 2.02. The van der Waals surface area contributed by atoms with Crippen molar-refractivity contribution in [3.8, 4) is 0 Å². The maximum atomic E-state index is 10.3. The van der Waals surface area contributed by atoms with Gasteiger partial charge < -0.3 is 15.9 Å². The number of nitrogens with one attached hydrogen (secondary N) is 1. The van der Waals surface area contributed by atoms with Crippen LogP contribution in [0.25, 0.3) is 0 Å². The summed E-state index contributed by atoms with van der Waals surface area (Å²) in [5, 5.41) is 19.4. The first kappa shape index (κ1) is 11.5. The van der Waals surface area contributed by atoms with Crippen LogP contribution in [0.2, 0.25) is 0 Å². The van der Waals surface area contributed by atoms with E-state index in [0.29, 0.717) is 12.1 Å². The molecule has 1 aromatic rings. The molecule has 0 heterocycles. The van der Waals surface area contributed by atoms with Crippen LogP contribution in [-0.4, -0.2) is 29.0 Å². The van der Waals surface area contributed by atoms with Gasteiger partial charge in [0.05, 0.1) is 6.61 Å². The first-order valence-corrected chi connectivity index (χ1v) is 4.57. The molecule has 0 aromatic heterocycles. The molecule has 1 aromatic carbocycles. The van der Waals surface area contributed by atoms with E-state index < -0.39 is 6.09 Å². The van der Waals surface area contributed by atoms with E-state index in [4.69, 9.17) is 15.9 Å². The molecule has 1 unspecified atom stereocenters. The molecule has 1 rings (SSSR count). The number of rotatable bonds is 4. The van der Waals surface area contributed by atoms with Crippen molar-refractivity contribution in [2.24, 2.45) is 5.73 Å². The summed E-state index contributed by atoms with van der Waals surface area (Å²) in [6.45, 7) is -0.0604. The Morgan fingerprint density at radius 1 is 1.40 bits per heavy atom. The Balaban J connectivity index is 2.60. The molecule has 0 aliphatic heterocycles. The van der Waals surface area contributed by atoms with Gasteiger partial charge in [0.1, 0.15) is 0 Å². The average Bonchev–Trinajstić information content (AvgIpc) is 2.20. The van der Waals surface area contributed by atoms with Crippen LogP contribution in [0.1, 0.15) is 5.56 Å². The summed E-state index contributed by atoms with van der Waals surface area (Å²) >= 11 is 0. The Hall–Kier alpha value is -1.59. The second-order valence-corrected chi connectivity index (χ2v) is 3.27. The van der Waals surface area contributed by atoms with E-state index in [1.165, 1.54) is 0 Å². The van der Waals surface area contributed by atoms with Gasteiger partial charge in [0.25, 0.3) is 0 Å². The number of hydrogen-bond acceptors (Lipinski definition) is 3. The van der Waals surface area contributed by atoms with Gasteiger partial charge in [-0.25, -0.2) is 4.79 Å². The Morgan fingerprint density at radius 3 is 2.47 bits per heavy atom. The maximum absolute atomic E-state index is 10.3. The topological polar surface area (TPSA) is 95.6 Å². The molecule has 1 atom stereocenters. The van der Waals surface area contributed by atoms with E-state index in [9.17, 15) is 4.79 Å². The SMILES string of the molecule is NC(CO)Cc1ccc(NC(=O)O)cc1. The predicted molar refractivity (Wildman–Crippen MR) is 56.9 cm³/mol. The first-order valence-electron chi connectivity index (χ1n) is 4.57. The minimum atomic E-state index is -1.09. The normalized spacial score (nSPS) is 12.1. The molecule has 5 nitrogen and oxygen atoms in total. The summed E-state index contributed by atoms with van der Waals surface area (Å²) in [6.07, 6.45) is -0.515. The van der Waals surface area contributed by atoms with Crippen LogP contribution in [-0.2, 0) is 6.42 Å². The van der Waals surface area contributed by atoms with Gasteiger partial charge >= 0.3 is 6.09 Å². The fourth-order valence-electron chi connectivity index (χ4n) is 1.21. The van der Waals surface area contributed by atoms with E-state index in [1.807, 2.05) is 0 Å². The highest BCUT2D eigenvalue weighted by Crippen LogP contribution is 2.10. The number of hydrogen-bond donors (Lipinski definition) is 4. The van der Waals surface area contributed by atoms with E-state index >= 15 is 0 Å². The van der Waals surface area contributed by atoms with Crippen molar-refractivity contribution in [3.63, 3.8) is 0 Å². The van der Waals surface area contributed by atoms with Crippen LogP contribution < -0.4 is 11.1 Å². The number of nitrogens with two attached hydrogens (primary N) is 1. The summed E-state index contributed by atoms with van der Waals surface area (Å²) in [4.78, 5) is 10.3. The lowest BCUT2D eigenvalue weighted by molar-refractivity contribution is 0.210. The fourth-order valence-corrected chi connectivity index (χ4v) is 1.21. The Kier molecular flexibility index (Phi) is 4.08. The molecule has 5 N–H and O–H groups in total. The molecule has 0 saturated heterocycles. The van der Waals surface area contributed by atoms with Gasteiger partial charge in [-0.2, -0.15) is 0 Å². The third-order valence-electron chi connectivity index (χ3n) is 1.94. The van der Waals surface area contributed by atoms with Crippen LogP contribution in [0.15, 0.2) is 24.3 Å². The molecule has 0 radical (unpaired) electrons. The Morgan fingerprint density at radius 2 is 2.00 bits per heavy atom. The monoisotopic (exact) mass is 210 g/mol. The molecule has 0 bridgehead atoms. The third kappa shape index (κ3) is 3.97. The molecule has 0 aliphatic carbocycles. The molecule has 0 spiro atoms. The number of aliphatic hydroxyl groups is 1. The molecule has 0 saturated carbocycles. The summed E-state index contributed by atoms with van der Waals surface area (Å²) in [7, 11) is 0. The highest BCUT2D eigenvalue weighted by molar-refractivity contribution is 5.82. The van der Waals surface area contributed by atoms with Gasteiger partial charge in [0, 0.05) is 11.7 Å². The van der Waals surface area contributed by atoms with E-state index in [2.05, 4.69) is 5.32 Å². The number of carbonyl (C=O) groups is 1. The van der Waals surface area contributed by atoms with E-state index in [-0.39, 0.29) is 12.6 Å². The predicted octanol–water partition coefficient (Wildman–Crippen LogP) is 0.639. The van der Waals surface area contributed by atoms with Crippen molar-refractivity contribution in [2.75, 3.05) is 11.9 Å². The maximum Gasteiger partial charge on any atom is 0.409 e. The highest BCUT2D eigenvalue weighted by atomic mass is 16.4. The van der Waals surface area contributed by atoms with Crippen molar-refractivity contribution in [1.82, 2.24) is 0 Å². The second-order valence-electron chi connectivity index (χ2n) is 3.27. The minimum absolute atomic E-state index is 0.0604. The van der Waals surface area contributed by atoms with Crippen molar-refractivity contribution >= 4 is 11.8 Å². The molecular formula is C10H14N2O3. The lowest BCUT2D eigenvalue weighted by atomic mass is 10.1. The Bertz CT molecular complexity index is 324. The molecule has 0 fully saturated rings. The van der Waals surface area contributed by atoms with Crippen LogP contribution in [0.3, 0.4) is 0 Å². The van der Waals surface area contributed by atoms with Crippen molar-refractivity contribution < 1.29 is 15.0 Å². The standard InChI is InChI=1S/C10H14N2O3/c11-8(6-13)5-7-1-3-9(4-2-7)12-10(14)15/h1-4,8,12-13H,5-6,11H2,(H,14,15). The van der Waals surface area contributed by atoms with Gasteiger partial charge in [-0.1, -0.05) is 12.1 Å². The zero-order valence-electron chi connectivity index (χ0n) is 8.18. The van der Waals surface area contributed by atoms with Gasteiger partial charge in [0.2, 0.25) is 0 Å². The molecule has 82 valence electrons. The van der Waals surface area contributed by atoms with Crippen LogP contribution >= 0.6 is 0 Å². The van der Waals surface area contributed by atoms with Crippen molar-refractivity contribution in [1.29, 1.82) is 0 Å². The summed E-state index contributed by atoms with van der Waals surface area (Å²) in [5.74, 6) is 0. The van der Waals surface area contributed by atoms with E-state index in [0.717, 1.165) is 5.56 Å². The number of anilines is 1. The van der Waals surface area contributed by atoms with Gasteiger partial charge in [-0.15, -0.1) is 0 Å². The fraction of sp³-hybridized carbons (Fsp3) is 0.300. The summed E-state index contributed by atoms with van der Waals surface area (Å²) < 4.78 is 0. The molecule has 15 heavy (non-hydrogen) atoms. The van der Waals surface area contributed by atoms with Crippen LogP contribution in [0.5, 0.6) is 0 Å². The smallest absolute Gasteiger partial charge is 0.409 e. The second kappa shape index (κ2) is 5.33. The third-order valence-corrected chi connectivity index (χ3v) is 1.94. The number of aliphatic hydroxyl groups excluding tert-OH is 1. The minimum Gasteiger partial charge on any atom is -0.465 e. The van der Waals surface area contributed by atoms with Gasteiger partial charge in [-0.3, -0.25) is 5.32 Å². The number of carboxylic acid groups (broad SMARTS) is 1.